The summed E-state index contributed by atoms with van der Waals surface area (Å²) in [4.78, 5) is 14.8. The van der Waals surface area contributed by atoms with Gasteiger partial charge in [-0.05, 0) is 71.4 Å². The van der Waals surface area contributed by atoms with Gasteiger partial charge in [-0.1, -0.05) is 38.5 Å². The van der Waals surface area contributed by atoms with Crippen LogP contribution in [-0.4, -0.2) is 23.2 Å². The molecule has 1 aliphatic carbocycles. The van der Waals surface area contributed by atoms with E-state index in [9.17, 15) is 13.6 Å². The molecule has 1 N–H and O–H groups in total. The van der Waals surface area contributed by atoms with Crippen LogP contribution >= 0.6 is 0 Å². The number of rotatable bonds is 10. The Kier molecular flexibility index (Phi) is 8.10. The zero-order valence-electron chi connectivity index (χ0n) is 21.5. The van der Waals surface area contributed by atoms with Crippen LogP contribution in [0, 0.1) is 17.0 Å². The highest BCUT2D eigenvalue weighted by Gasteiger charge is 2.37. The third-order valence-electron chi connectivity index (χ3n) is 7.27. The first kappa shape index (κ1) is 26.6. The average Bonchev–Trinajstić information content (AvgIpc) is 3.21. The molecule has 4 rings (SSSR count). The number of hydrogen-bond donors (Lipinski definition) is 1. The minimum Gasteiger partial charge on any atom is -0.489 e. The SMILES string of the molecule is COc1cc(-c2ccc(COc3cc(F)cc(CCCC(=O)O)c3)cc2C2CCCC2(C)C)c(F)cn1. The molecule has 1 heterocycles. The van der Waals surface area contributed by atoms with Crippen LogP contribution in [0.5, 0.6) is 11.6 Å². The van der Waals surface area contributed by atoms with Gasteiger partial charge >= 0.3 is 5.97 Å². The molecular weight excluding hydrogens is 476 g/mol. The van der Waals surface area contributed by atoms with Crippen LogP contribution in [0.1, 0.15) is 68.6 Å². The van der Waals surface area contributed by atoms with Crippen molar-refractivity contribution in [2.75, 3.05) is 7.11 Å². The summed E-state index contributed by atoms with van der Waals surface area (Å²) in [5, 5.41) is 8.85. The number of aryl methyl sites for hydroxylation is 1. The summed E-state index contributed by atoms with van der Waals surface area (Å²) in [7, 11) is 1.51. The van der Waals surface area contributed by atoms with Gasteiger partial charge in [0.05, 0.1) is 13.3 Å². The van der Waals surface area contributed by atoms with Crippen molar-refractivity contribution < 1.29 is 28.2 Å². The molecule has 1 unspecified atom stereocenters. The Morgan fingerprint density at radius 3 is 2.62 bits per heavy atom. The highest BCUT2D eigenvalue weighted by atomic mass is 19.1. The lowest BCUT2D eigenvalue weighted by Gasteiger charge is -2.30. The Morgan fingerprint density at radius 1 is 1.11 bits per heavy atom. The van der Waals surface area contributed by atoms with Gasteiger partial charge in [0.2, 0.25) is 5.88 Å². The summed E-state index contributed by atoms with van der Waals surface area (Å²) in [5.41, 5.74) is 3.99. The number of methoxy groups -OCH3 is 1. The van der Waals surface area contributed by atoms with Gasteiger partial charge in [0.15, 0.2) is 0 Å². The number of nitrogens with zero attached hydrogens (tertiary/aromatic N) is 1. The first-order valence-electron chi connectivity index (χ1n) is 12.6. The first-order chi connectivity index (χ1) is 17.7. The van der Waals surface area contributed by atoms with Gasteiger partial charge in [0.1, 0.15) is 24.0 Å². The number of aromatic nitrogens is 1. The van der Waals surface area contributed by atoms with Crippen molar-refractivity contribution in [2.45, 2.75) is 64.9 Å². The summed E-state index contributed by atoms with van der Waals surface area (Å²) in [6.45, 7) is 4.72. The van der Waals surface area contributed by atoms with Crippen molar-refractivity contribution in [3.05, 3.63) is 77.0 Å². The minimum atomic E-state index is -0.873. The number of carboxylic acid groups (broad SMARTS) is 1. The Morgan fingerprint density at radius 2 is 1.92 bits per heavy atom. The number of benzene rings is 2. The molecule has 1 aromatic heterocycles. The number of halogens is 2. The van der Waals surface area contributed by atoms with Crippen LogP contribution in [0.15, 0.2) is 48.7 Å². The maximum absolute atomic E-state index is 14.9. The summed E-state index contributed by atoms with van der Waals surface area (Å²) >= 11 is 0. The van der Waals surface area contributed by atoms with Gasteiger partial charge in [-0.25, -0.2) is 13.8 Å². The second kappa shape index (κ2) is 11.3. The molecule has 1 atom stereocenters. The molecule has 0 spiro atoms. The zero-order valence-corrected chi connectivity index (χ0v) is 21.5. The van der Waals surface area contributed by atoms with E-state index in [1.807, 2.05) is 12.1 Å². The van der Waals surface area contributed by atoms with Gasteiger partial charge in [-0.15, -0.1) is 0 Å². The zero-order chi connectivity index (χ0) is 26.6. The lowest BCUT2D eigenvalue weighted by atomic mass is 9.75. The molecule has 1 fully saturated rings. The predicted octanol–water partition coefficient (Wildman–Crippen LogP) is 7.32. The quantitative estimate of drug-likeness (QED) is 0.310. The normalized spacial score (nSPS) is 16.5. The van der Waals surface area contributed by atoms with Crippen LogP contribution in [0.2, 0.25) is 0 Å². The van der Waals surface area contributed by atoms with E-state index in [0.717, 1.165) is 36.0 Å². The number of pyridine rings is 1. The smallest absolute Gasteiger partial charge is 0.303 e. The topological polar surface area (TPSA) is 68.7 Å². The summed E-state index contributed by atoms with van der Waals surface area (Å²) in [6.07, 6.45) is 5.31. The fraction of sp³-hybridized carbons (Fsp3) is 0.400. The second-order valence-electron chi connectivity index (χ2n) is 10.4. The maximum Gasteiger partial charge on any atom is 0.303 e. The van der Waals surface area contributed by atoms with Crippen LogP contribution < -0.4 is 9.47 Å². The van der Waals surface area contributed by atoms with E-state index in [-0.39, 0.29) is 24.4 Å². The molecule has 1 saturated carbocycles. The van der Waals surface area contributed by atoms with Gasteiger partial charge in [-0.3, -0.25) is 4.79 Å². The number of aliphatic carboxylic acids is 1. The molecule has 0 bridgehead atoms. The molecule has 0 amide bonds. The molecule has 196 valence electrons. The average molecular weight is 510 g/mol. The monoisotopic (exact) mass is 509 g/mol. The number of hydrogen-bond acceptors (Lipinski definition) is 4. The van der Waals surface area contributed by atoms with E-state index >= 15 is 0 Å². The third-order valence-corrected chi connectivity index (χ3v) is 7.27. The van der Waals surface area contributed by atoms with Crippen molar-refractivity contribution in [1.29, 1.82) is 0 Å². The van der Waals surface area contributed by atoms with E-state index in [0.29, 0.717) is 35.6 Å². The molecule has 1 aliphatic rings. The number of carbonyl (C=O) groups is 1. The Hall–Kier alpha value is -3.48. The number of carboxylic acids is 1. The van der Waals surface area contributed by atoms with E-state index in [1.54, 1.807) is 12.1 Å². The van der Waals surface area contributed by atoms with Gasteiger partial charge in [-0.2, -0.15) is 0 Å². The van der Waals surface area contributed by atoms with Gasteiger partial charge in [0.25, 0.3) is 0 Å². The highest BCUT2D eigenvalue weighted by molar-refractivity contribution is 5.70. The molecule has 0 aliphatic heterocycles. The third kappa shape index (κ3) is 6.45. The molecule has 3 aromatic rings. The largest absolute Gasteiger partial charge is 0.489 e. The number of ether oxygens (including phenoxy) is 2. The molecule has 37 heavy (non-hydrogen) atoms. The molecular formula is C30H33F2NO4. The van der Waals surface area contributed by atoms with Crippen LogP contribution in [-0.2, 0) is 17.8 Å². The Labute approximate surface area is 216 Å². The van der Waals surface area contributed by atoms with Crippen LogP contribution in [0.25, 0.3) is 11.1 Å². The van der Waals surface area contributed by atoms with Crippen molar-refractivity contribution in [3.63, 3.8) is 0 Å². The molecule has 2 aromatic carbocycles. The summed E-state index contributed by atoms with van der Waals surface area (Å²) in [6, 6.07) is 12.0. The van der Waals surface area contributed by atoms with Gasteiger partial charge in [0, 0.05) is 24.1 Å². The fourth-order valence-electron chi connectivity index (χ4n) is 5.34. The summed E-state index contributed by atoms with van der Waals surface area (Å²) in [5.74, 6) is -0.711. The summed E-state index contributed by atoms with van der Waals surface area (Å²) < 4.78 is 40.3. The molecule has 0 radical (unpaired) electrons. The lowest BCUT2D eigenvalue weighted by Crippen LogP contribution is -2.17. The Bertz CT molecular complexity index is 1270. The molecule has 7 heteroatoms. The minimum absolute atomic E-state index is 0.0310. The molecule has 5 nitrogen and oxygen atoms in total. The van der Waals surface area contributed by atoms with Crippen molar-refractivity contribution in [3.8, 4) is 22.8 Å². The van der Waals surface area contributed by atoms with E-state index < -0.39 is 17.6 Å². The first-order valence-corrected chi connectivity index (χ1v) is 12.6. The van der Waals surface area contributed by atoms with Crippen LogP contribution in [0.3, 0.4) is 0 Å². The highest BCUT2D eigenvalue weighted by Crippen LogP contribution is 2.51. The van der Waals surface area contributed by atoms with Gasteiger partial charge < -0.3 is 14.6 Å². The lowest BCUT2D eigenvalue weighted by molar-refractivity contribution is -0.137. The van der Waals surface area contributed by atoms with E-state index in [4.69, 9.17) is 14.6 Å². The molecule has 0 saturated heterocycles. The Balaban J connectivity index is 1.62. The second-order valence-corrected chi connectivity index (χ2v) is 10.4. The van der Waals surface area contributed by atoms with E-state index in [2.05, 4.69) is 24.9 Å². The van der Waals surface area contributed by atoms with Crippen molar-refractivity contribution >= 4 is 5.97 Å². The van der Waals surface area contributed by atoms with Crippen molar-refractivity contribution in [2.24, 2.45) is 5.41 Å². The van der Waals surface area contributed by atoms with Crippen molar-refractivity contribution in [1.82, 2.24) is 4.98 Å². The standard InChI is InChI=1S/C30H33F2NO4/c1-30(2)11-5-7-26(30)24-14-20(9-10-23(24)25-16-28(36-3)33-17-27(25)32)18-37-22-13-19(12-21(31)15-22)6-4-8-29(34)35/h9-10,12-17,26H,4-8,11,18H2,1-3H3,(H,34,35). The fourth-order valence-corrected chi connectivity index (χ4v) is 5.34. The predicted molar refractivity (Wildman–Crippen MR) is 138 cm³/mol. The van der Waals surface area contributed by atoms with E-state index in [1.165, 1.54) is 25.4 Å². The van der Waals surface area contributed by atoms with Crippen LogP contribution in [0.4, 0.5) is 8.78 Å². The maximum atomic E-state index is 14.9.